The molecule has 2 amide bonds. The largest absolute Gasteiger partial charge is 0.351 e. The van der Waals surface area contributed by atoms with Crippen molar-refractivity contribution in [1.82, 2.24) is 15.2 Å². The molecule has 1 saturated heterocycles. The first-order chi connectivity index (χ1) is 14.1. The van der Waals surface area contributed by atoms with Crippen LogP contribution >= 0.6 is 0 Å². The lowest BCUT2D eigenvalue weighted by atomic mass is 10.0. The molecule has 4 rings (SSSR count). The first-order valence-electron chi connectivity index (χ1n) is 9.83. The molecule has 1 aliphatic rings. The van der Waals surface area contributed by atoms with Crippen LogP contribution in [0.5, 0.6) is 0 Å². The molecule has 0 aliphatic carbocycles. The second-order valence-corrected chi connectivity index (χ2v) is 7.17. The van der Waals surface area contributed by atoms with Crippen LogP contribution in [0.2, 0.25) is 0 Å². The van der Waals surface area contributed by atoms with E-state index in [1.807, 2.05) is 29.2 Å². The fourth-order valence-corrected chi connectivity index (χ4v) is 3.63. The average molecular weight is 391 g/mol. The van der Waals surface area contributed by atoms with E-state index in [0.717, 1.165) is 36.9 Å². The lowest BCUT2D eigenvalue weighted by Crippen LogP contribution is -2.32. The van der Waals surface area contributed by atoms with Gasteiger partial charge in [-0.25, -0.2) is 9.37 Å². The number of carbonyl (C=O) groups excluding carboxylic acids is 2. The van der Waals surface area contributed by atoms with E-state index in [-0.39, 0.29) is 24.2 Å². The Morgan fingerprint density at radius 3 is 2.52 bits per heavy atom. The summed E-state index contributed by atoms with van der Waals surface area (Å²) in [5, 5.41) is 3.60. The van der Waals surface area contributed by atoms with Gasteiger partial charge in [0.25, 0.3) is 5.91 Å². The molecule has 2 heterocycles. The van der Waals surface area contributed by atoms with Crippen molar-refractivity contribution in [2.24, 2.45) is 0 Å². The predicted octanol–water partition coefficient (Wildman–Crippen LogP) is 3.78. The molecule has 5 nitrogen and oxygen atoms in total. The fraction of sp³-hybridized carbons (Fsp3) is 0.261. The van der Waals surface area contributed by atoms with Crippen LogP contribution in [-0.4, -0.2) is 41.3 Å². The minimum atomic E-state index is -0.324. The summed E-state index contributed by atoms with van der Waals surface area (Å²) in [6.45, 7) is 1.91. The number of amides is 2. The number of para-hydroxylation sites is 1. The van der Waals surface area contributed by atoms with Crippen molar-refractivity contribution in [1.29, 1.82) is 0 Å². The Balaban J connectivity index is 1.55. The summed E-state index contributed by atoms with van der Waals surface area (Å²) in [6.07, 6.45) is 2.39. The molecule has 0 bridgehead atoms. The Kier molecular flexibility index (Phi) is 5.51. The van der Waals surface area contributed by atoms with E-state index in [1.54, 1.807) is 18.2 Å². The van der Waals surface area contributed by atoms with Gasteiger partial charge in [-0.2, -0.15) is 0 Å². The molecule has 6 heteroatoms. The summed E-state index contributed by atoms with van der Waals surface area (Å²) in [7, 11) is 0. The highest BCUT2D eigenvalue weighted by Crippen LogP contribution is 2.25. The van der Waals surface area contributed by atoms with Crippen LogP contribution in [-0.2, 0) is 4.79 Å². The summed E-state index contributed by atoms with van der Waals surface area (Å²) in [6, 6.07) is 15.2. The Labute approximate surface area is 168 Å². The molecule has 2 aromatic carbocycles. The first kappa shape index (κ1) is 19.1. The molecular weight excluding hydrogens is 369 g/mol. The number of rotatable bonds is 5. The van der Waals surface area contributed by atoms with Gasteiger partial charge in [0.1, 0.15) is 5.82 Å². The second kappa shape index (κ2) is 8.39. The van der Waals surface area contributed by atoms with Gasteiger partial charge in [0, 0.05) is 37.0 Å². The first-order valence-corrected chi connectivity index (χ1v) is 9.83. The Morgan fingerprint density at radius 2 is 1.76 bits per heavy atom. The maximum atomic E-state index is 13.3. The molecule has 1 N–H and O–H groups in total. The molecule has 0 saturated carbocycles. The second-order valence-electron chi connectivity index (χ2n) is 7.17. The number of aromatic nitrogens is 1. The van der Waals surface area contributed by atoms with Gasteiger partial charge in [-0.1, -0.05) is 18.2 Å². The number of carbonyl (C=O) groups is 2. The minimum Gasteiger partial charge on any atom is -0.351 e. The van der Waals surface area contributed by atoms with Crippen molar-refractivity contribution >= 4 is 22.7 Å². The van der Waals surface area contributed by atoms with E-state index in [2.05, 4.69) is 10.3 Å². The van der Waals surface area contributed by atoms with Crippen LogP contribution < -0.4 is 5.32 Å². The van der Waals surface area contributed by atoms with Crippen LogP contribution in [0, 0.1) is 5.82 Å². The minimum absolute atomic E-state index is 0.0781. The molecule has 3 aromatic rings. The summed E-state index contributed by atoms with van der Waals surface area (Å²) in [5.41, 5.74) is 2.51. The Hall–Kier alpha value is -3.28. The highest BCUT2D eigenvalue weighted by atomic mass is 19.1. The number of halogens is 1. The quantitative estimate of drug-likeness (QED) is 0.720. The predicted molar refractivity (Wildman–Crippen MR) is 110 cm³/mol. The number of pyridine rings is 1. The van der Waals surface area contributed by atoms with Gasteiger partial charge in [-0.3, -0.25) is 9.59 Å². The van der Waals surface area contributed by atoms with E-state index in [0.29, 0.717) is 23.2 Å². The van der Waals surface area contributed by atoms with E-state index < -0.39 is 0 Å². The van der Waals surface area contributed by atoms with E-state index in [9.17, 15) is 14.0 Å². The highest BCUT2D eigenvalue weighted by molar-refractivity contribution is 6.07. The molecule has 148 valence electrons. The lowest BCUT2D eigenvalue weighted by Gasteiger charge is -2.15. The van der Waals surface area contributed by atoms with E-state index in [1.165, 1.54) is 12.1 Å². The molecule has 0 spiro atoms. The number of nitrogens with zero attached hydrogens (tertiary/aromatic N) is 2. The number of nitrogens with one attached hydrogen (secondary N) is 1. The van der Waals surface area contributed by atoms with Gasteiger partial charge in [0.2, 0.25) is 5.91 Å². The fourth-order valence-electron chi connectivity index (χ4n) is 3.63. The van der Waals surface area contributed by atoms with Crippen molar-refractivity contribution in [2.45, 2.75) is 19.3 Å². The van der Waals surface area contributed by atoms with Gasteiger partial charge in [0.05, 0.1) is 16.8 Å². The zero-order valence-corrected chi connectivity index (χ0v) is 16.0. The van der Waals surface area contributed by atoms with Gasteiger partial charge in [-0.15, -0.1) is 0 Å². The molecule has 0 atom stereocenters. The third kappa shape index (κ3) is 4.26. The van der Waals surface area contributed by atoms with Crippen LogP contribution in [0.4, 0.5) is 4.39 Å². The van der Waals surface area contributed by atoms with Crippen molar-refractivity contribution < 1.29 is 14.0 Å². The zero-order chi connectivity index (χ0) is 20.2. The summed E-state index contributed by atoms with van der Waals surface area (Å²) in [4.78, 5) is 31.5. The van der Waals surface area contributed by atoms with E-state index in [4.69, 9.17) is 0 Å². The molecule has 1 fully saturated rings. The highest BCUT2D eigenvalue weighted by Gasteiger charge is 2.18. The van der Waals surface area contributed by atoms with Crippen LogP contribution in [0.3, 0.4) is 0 Å². The van der Waals surface area contributed by atoms with Gasteiger partial charge >= 0.3 is 0 Å². The molecule has 1 aliphatic heterocycles. The van der Waals surface area contributed by atoms with Crippen molar-refractivity contribution in [3.63, 3.8) is 0 Å². The SMILES string of the molecule is O=C(NCCC(=O)N1CCCC1)c1cc(-c2ccc(F)cc2)nc2ccccc12. The summed E-state index contributed by atoms with van der Waals surface area (Å²) < 4.78 is 13.3. The molecule has 1 aromatic heterocycles. The zero-order valence-electron chi connectivity index (χ0n) is 16.0. The smallest absolute Gasteiger partial charge is 0.252 e. The maximum absolute atomic E-state index is 13.3. The monoisotopic (exact) mass is 391 g/mol. The summed E-state index contributed by atoms with van der Waals surface area (Å²) in [5.74, 6) is -0.495. The maximum Gasteiger partial charge on any atom is 0.252 e. The molecule has 0 unspecified atom stereocenters. The standard InChI is InChI=1S/C23H22FN3O2/c24-17-9-7-16(8-10-17)21-15-19(18-5-1-2-6-20(18)26-21)23(29)25-12-11-22(28)27-13-3-4-14-27/h1-2,5-10,15H,3-4,11-14H2,(H,25,29). The molecule has 0 radical (unpaired) electrons. The van der Waals surface area contributed by atoms with Crippen molar-refractivity contribution in [2.75, 3.05) is 19.6 Å². The third-order valence-electron chi connectivity index (χ3n) is 5.18. The van der Waals surface area contributed by atoms with Crippen molar-refractivity contribution in [3.05, 3.63) is 66.0 Å². The Morgan fingerprint density at radius 1 is 1.03 bits per heavy atom. The van der Waals surface area contributed by atoms with Crippen LogP contribution in [0.1, 0.15) is 29.6 Å². The number of benzene rings is 2. The van der Waals surface area contributed by atoms with Crippen LogP contribution in [0.15, 0.2) is 54.6 Å². The van der Waals surface area contributed by atoms with Gasteiger partial charge in [0.15, 0.2) is 0 Å². The number of likely N-dealkylation sites (tertiary alicyclic amines) is 1. The molecule has 29 heavy (non-hydrogen) atoms. The number of hydrogen-bond acceptors (Lipinski definition) is 3. The normalized spacial score (nSPS) is 13.6. The van der Waals surface area contributed by atoms with E-state index >= 15 is 0 Å². The number of hydrogen-bond donors (Lipinski definition) is 1. The topological polar surface area (TPSA) is 62.3 Å². The third-order valence-corrected chi connectivity index (χ3v) is 5.18. The average Bonchev–Trinajstić information content (AvgIpc) is 3.28. The van der Waals surface area contributed by atoms with Crippen molar-refractivity contribution in [3.8, 4) is 11.3 Å². The molecular formula is C23H22FN3O2. The number of fused-ring (bicyclic) bond motifs is 1. The summed E-state index contributed by atoms with van der Waals surface area (Å²) >= 11 is 0. The van der Waals surface area contributed by atoms with Gasteiger partial charge < -0.3 is 10.2 Å². The Bertz CT molecular complexity index is 1040. The van der Waals surface area contributed by atoms with Crippen LogP contribution in [0.25, 0.3) is 22.2 Å². The lowest BCUT2D eigenvalue weighted by molar-refractivity contribution is -0.129. The van der Waals surface area contributed by atoms with Gasteiger partial charge in [-0.05, 0) is 49.2 Å².